The molecule has 24 heavy (non-hydrogen) atoms. The minimum absolute atomic E-state index is 0.279. The third-order valence-corrected chi connectivity index (χ3v) is 3.86. The highest BCUT2D eigenvalue weighted by Crippen LogP contribution is 2.33. The Morgan fingerprint density at radius 3 is 2.38 bits per heavy atom. The van der Waals surface area contributed by atoms with E-state index in [1.165, 1.54) is 12.1 Å². The molecule has 2 aromatic heterocycles. The van der Waals surface area contributed by atoms with Gasteiger partial charge in [-0.05, 0) is 42.8 Å². The van der Waals surface area contributed by atoms with E-state index in [0.29, 0.717) is 19.0 Å². The summed E-state index contributed by atoms with van der Waals surface area (Å²) in [5.74, 6) is 0.333. The van der Waals surface area contributed by atoms with Crippen LogP contribution >= 0.6 is 0 Å². The number of rotatable bonds is 3. The van der Waals surface area contributed by atoms with E-state index in [1.807, 2.05) is 12.1 Å². The largest absolute Gasteiger partial charge is 0.346 e. The number of ether oxygens (including phenoxy) is 2. The van der Waals surface area contributed by atoms with Crippen LogP contribution in [0.3, 0.4) is 0 Å². The number of aromatic amines is 1. The Labute approximate surface area is 138 Å². The van der Waals surface area contributed by atoms with Gasteiger partial charge in [0, 0.05) is 23.5 Å². The summed E-state index contributed by atoms with van der Waals surface area (Å²) in [6, 6.07) is 10.1. The monoisotopic (exact) mass is 325 g/mol. The van der Waals surface area contributed by atoms with Crippen molar-refractivity contribution in [1.29, 1.82) is 0 Å². The molecule has 0 saturated carbocycles. The van der Waals surface area contributed by atoms with Crippen LogP contribution < -0.4 is 0 Å². The molecule has 0 unspecified atom stereocenters. The fourth-order valence-electron chi connectivity index (χ4n) is 2.69. The molecule has 4 rings (SSSR count). The highest BCUT2D eigenvalue weighted by atomic mass is 19.1. The zero-order valence-corrected chi connectivity index (χ0v) is 12.9. The van der Waals surface area contributed by atoms with Gasteiger partial charge in [0.1, 0.15) is 5.82 Å². The first kappa shape index (κ1) is 15.0. The maximum absolute atomic E-state index is 13.2. The maximum atomic E-state index is 13.2. The van der Waals surface area contributed by atoms with Crippen molar-refractivity contribution in [3.8, 4) is 22.5 Å². The van der Waals surface area contributed by atoms with Gasteiger partial charge in [0.2, 0.25) is 6.29 Å². The molecule has 1 fully saturated rings. The van der Waals surface area contributed by atoms with Crippen LogP contribution in [0.5, 0.6) is 0 Å². The molecule has 1 N–H and O–H groups in total. The van der Waals surface area contributed by atoms with E-state index < -0.39 is 6.29 Å². The average Bonchev–Trinajstić information content (AvgIpc) is 3.09. The topological polar surface area (TPSA) is 60.0 Å². The molecule has 0 spiro atoms. The Morgan fingerprint density at radius 2 is 1.67 bits per heavy atom. The van der Waals surface area contributed by atoms with Gasteiger partial charge in [0.05, 0.1) is 24.6 Å². The highest BCUT2D eigenvalue weighted by molar-refractivity contribution is 5.78. The first-order chi connectivity index (χ1) is 11.8. The van der Waals surface area contributed by atoms with Crippen molar-refractivity contribution < 1.29 is 13.9 Å². The van der Waals surface area contributed by atoms with Crippen molar-refractivity contribution in [2.24, 2.45) is 0 Å². The van der Waals surface area contributed by atoms with E-state index in [4.69, 9.17) is 9.47 Å². The number of nitrogens with zero attached hydrogens (tertiary/aromatic N) is 2. The Balaban J connectivity index is 1.80. The van der Waals surface area contributed by atoms with Gasteiger partial charge in [0.15, 0.2) is 5.82 Å². The lowest BCUT2D eigenvalue weighted by atomic mass is 10.1. The molecular weight excluding hydrogens is 309 g/mol. The predicted octanol–water partition coefficient (Wildman–Crippen LogP) is 3.71. The molecule has 6 heteroatoms. The fourth-order valence-corrected chi connectivity index (χ4v) is 2.69. The number of benzene rings is 1. The first-order valence-corrected chi connectivity index (χ1v) is 7.81. The number of halogens is 1. The smallest absolute Gasteiger partial charge is 0.217 e. The van der Waals surface area contributed by atoms with Crippen LogP contribution in [-0.4, -0.2) is 28.2 Å². The third-order valence-electron chi connectivity index (χ3n) is 3.86. The number of H-pyrrole nitrogens is 1. The Morgan fingerprint density at radius 1 is 0.958 bits per heavy atom. The van der Waals surface area contributed by atoms with Crippen LogP contribution in [0.25, 0.3) is 22.5 Å². The number of imidazole rings is 1. The fraction of sp³-hybridized carbons (Fsp3) is 0.222. The van der Waals surface area contributed by atoms with Crippen molar-refractivity contribution in [2.75, 3.05) is 13.2 Å². The molecule has 1 aromatic carbocycles. The lowest BCUT2D eigenvalue weighted by molar-refractivity contribution is -0.186. The summed E-state index contributed by atoms with van der Waals surface area (Å²) < 4.78 is 24.5. The summed E-state index contributed by atoms with van der Waals surface area (Å²) in [6.45, 7) is 1.28. The van der Waals surface area contributed by atoms with Crippen molar-refractivity contribution in [3.63, 3.8) is 0 Å². The van der Waals surface area contributed by atoms with E-state index in [9.17, 15) is 4.39 Å². The quantitative estimate of drug-likeness (QED) is 0.797. The van der Waals surface area contributed by atoms with Gasteiger partial charge in [-0.2, -0.15) is 0 Å². The highest BCUT2D eigenvalue weighted by Gasteiger charge is 2.23. The maximum Gasteiger partial charge on any atom is 0.217 e. The second kappa shape index (κ2) is 6.51. The van der Waals surface area contributed by atoms with E-state index in [2.05, 4.69) is 15.0 Å². The minimum atomic E-state index is -0.506. The summed E-state index contributed by atoms with van der Waals surface area (Å²) in [5, 5.41) is 0. The van der Waals surface area contributed by atoms with Gasteiger partial charge in [-0.1, -0.05) is 0 Å². The number of pyridine rings is 1. The molecule has 122 valence electrons. The van der Waals surface area contributed by atoms with E-state index >= 15 is 0 Å². The van der Waals surface area contributed by atoms with Crippen LogP contribution in [-0.2, 0) is 9.47 Å². The molecule has 1 aliphatic heterocycles. The second-order valence-electron chi connectivity index (χ2n) is 5.52. The van der Waals surface area contributed by atoms with Gasteiger partial charge >= 0.3 is 0 Å². The van der Waals surface area contributed by atoms with Crippen LogP contribution in [0.2, 0.25) is 0 Å². The van der Waals surface area contributed by atoms with E-state index in [0.717, 1.165) is 28.9 Å². The molecule has 5 nitrogen and oxygen atoms in total. The SMILES string of the molecule is Fc1ccc(-c2nc(C3OCCCO3)[nH]c2-c2ccncc2)cc1. The summed E-state index contributed by atoms with van der Waals surface area (Å²) in [6.07, 6.45) is 3.81. The third kappa shape index (κ3) is 2.93. The van der Waals surface area contributed by atoms with Crippen LogP contribution in [0, 0.1) is 5.82 Å². The normalized spacial score (nSPS) is 15.5. The predicted molar refractivity (Wildman–Crippen MR) is 86.5 cm³/mol. The van der Waals surface area contributed by atoms with Gasteiger partial charge in [-0.25, -0.2) is 9.37 Å². The minimum Gasteiger partial charge on any atom is -0.346 e. The lowest BCUT2D eigenvalue weighted by Crippen LogP contribution is -2.18. The summed E-state index contributed by atoms with van der Waals surface area (Å²) in [5.41, 5.74) is 3.33. The molecule has 0 atom stereocenters. The van der Waals surface area contributed by atoms with Gasteiger partial charge in [0.25, 0.3) is 0 Å². The Hall–Kier alpha value is -2.57. The summed E-state index contributed by atoms with van der Waals surface area (Å²) in [4.78, 5) is 12.0. The second-order valence-corrected chi connectivity index (χ2v) is 5.52. The molecule has 0 bridgehead atoms. The van der Waals surface area contributed by atoms with E-state index in [1.54, 1.807) is 24.5 Å². The molecular formula is C18H16FN3O2. The van der Waals surface area contributed by atoms with Gasteiger partial charge < -0.3 is 14.5 Å². The van der Waals surface area contributed by atoms with Crippen LogP contribution in [0.4, 0.5) is 4.39 Å². The number of nitrogens with one attached hydrogen (secondary N) is 1. The van der Waals surface area contributed by atoms with Crippen molar-refractivity contribution in [2.45, 2.75) is 12.7 Å². The molecule has 3 heterocycles. The lowest BCUT2D eigenvalue weighted by Gasteiger charge is -2.21. The average molecular weight is 325 g/mol. The Bertz CT molecular complexity index is 812. The molecule has 1 saturated heterocycles. The first-order valence-electron chi connectivity index (χ1n) is 7.81. The van der Waals surface area contributed by atoms with Crippen molar-refractivity contribution >= 4 is 0 Å². The molecule has 0 radical (unpaired) electrons. The van der Waals surface area contributed by atoms with Crippen LogP contribution in [0.1, 0.15) is 18.5 Å². The summed E-state index contributed by atoms with van der Waals surface area (Å²) in [7, 11) is 0. The standard InChI is InChI=1S/C18H16FN3O2/c19-14-4-2-12(3-5-14)15-16(13-6-8-20-9-7-13)22-17(21-15)18-23-10-1-11-24-18/h2-9,18H,1,10-11H2,(H,21,22). The number of hydrogen-bond acceptors (Lipinski definition) is 4. The van der Waals surface area contributed by atoms with Crippen LogP contribution in [0.15, 0.2) is 48.8 Å². The molecule has 1 aliphatic rings. The number of hydrogen-bond donors (Lipinski definition) is 1. The zero-order chi connectivity index (χ0) is 16.4. The molecule has 3 aromatic rings. The van der Waals surface area contributed by atoms with Gasteiger partial charge in [-0.3, -0.25) is 4.98 Å². The van der Waals surface area contributed by atoms with Gasteiger partial charge in [-0.15, -0.1) is 0 Å². The molecule has 0 amide bonds. The zero-order valence-electron chi connectivity index (χ0n) is 12.9. The summed E-state index contributed by atoms with van der Waals surface area (Å²) >= 11 is 0. The van der Waals surface area contributed by atoms with E-state index in [-0.39, 0.29) is 5.82 Å². The number of aromatic nitrogens is 3. The Kier molecular flexibility index (Phi) is 4.06. The molecule has 0 aliphatic carbocycles. The van der Waals surface area contributed by atoms with Crippen molar-refractivity contribution in [1.82, 2.24) is 15.0 Å². The van der Waals surface area contributed by atoms with Crippen molar-refractivity contribution in [3.05, 3.63) is 60.4 Å².